The molecule has 1 rings (SSSR count). The van der Waals surface area contributed by atoms with Gasteiger partial charge in [-0.25, -0.2) is 13.6 Å². The van der Waals surface area contributed by atoms with Gasteiger partial charge in [-0.2, -0.15) is 0 Å². The molecule has 1 atom stereocenters. The number of likely N-dealkylation sites (tertiary alicyclic amines) is 1. The molecule has 1 heterocycles. The van der Waals surface area contributed by atoms with Gasteiger partial charge in [0, 0.05) is 6.04 Å². The highest BCUT2D eigenvalue weighted by Gasteiger charge is 2.46. The predicted molar refractivity (Wildman–Crippen MR) is 49.4 cm³/mol. The number of nitrogens with zero attached hydrogens (tertiary/aromatic N) is 1. The topological polar surface area (TPSA) is 32.3 Å². The third-order valence-corrected chi connectivity index (χ3v) is 2.48. The normalized spacial score (nSPS) is 21.7. The summed E-state index contributed by atoms with van der Waals surface area (Å²) in [6.45, 7) is 4.89. The number of amides is 2. The van der Waals surface area contributed by atoms with E-state index >= 15 is 0 Å². The molecule has 0 bridgehead atoms. The van der Waals surface area contributed by atoms with Gasteiger partial charge >= 0.3 is 6.03 Å². The molecule has 3 nitrogen and oxygen atoms in total. The summed E-state index contributed by atoms with van der Waals surface area (Å²) >= 11 is 0. The molecule has 0 aromatic heterocycles. The largest absolute Gasteiger partial charge is 0.335 e. The summed E-state index contributed by atoms with van der Waals surface area (Å²) in [5.74, 6) is -2.38. The highest BCUT2D eigenvalue weighted by Crippen LogP contribution is 2.26. The second-order valence-electron chi connectivity index (χ2n) is 4.19. The highest BCUT2D eigenvalue weighted by molar-refractivity contribution is 5.75. The van der Waals surface area contributed by atoms with E-state index in [-0.39, 0.29) is 6.04 Å². The fourth-order valence-electron chi connectivity index (χ4n) is 1.11. The average molecular weight is 206 g/mol. The number of hydrogen-bond donors (Lipinski definition) is 1. The summed E-state index contributed by atoms with van der Waals surface area (Å²) in [5.41, 5.74) is 0. The molecule has 2 amide bonds. The molecule has 82 valence electrons. The molecule has 14 heavy (non-hydrogen) atoms. The maximum atomic E-state index is 12.4. The summed E-state index contributed by atoms with van der Waals surface area (Å²) in [4.78, 5) is 12.4. The molecule has 0 aromatic rings. The van der Waals surface area contributed by atoms with Crippen LogP contribution in [0, 0.1) is 5.92 Å². The van der Waals surface area contributed by atoms with Crippen molar-refractivity contribution in [3.05, 3.63) is 0 Å². The van der Waals surface area contributed by atoms with Crippen LogP contribution in [0.15, 0.2) is 0 Å². The second kappa shape index (κ2) is 3.71. The zero-order valence-corrected chi connectivity index (χ0v) is 8.68. The maximum absolute atomic E-state index is 12.4. The van der Waals surface area contributed by atoms with Crippen LogP contribution >= 0.6 is 0 Å². The number of urea groups is 1. The first-order chi connectivity index (χ1) is 6.32. The summed E-state index contributed by atoms with van der Waals surface area (Å²) in [5, 5.41) is 2.67. The van der Waals surface area contributed by atoms with Gasteiger partial charge < -0.3 is 10.2 Å². The van der Waals surface area contributed by atoms with Crippen molar-refractivity contribution in [1.82, 2.24) is 10.2 Å². The lowest BCUT2D eigenvalue weighted by Crippen LogP contribution is -2.62. The lowest BCUT2D eigenvalue weighted by Gasteiger charge is -2.39. The summed E-state index contributed by atoms with van der Waals surface area (Å²) in [7, 11) is 0. The molecule has 0 unspecified atom stereocenters. The van der Waals surface area contributed by atoms with E-state index in [1.54, 1.807) is 0 Å². The van der Waals surface area contributed by atoms with Crippen LogP contribution in [0.4, 0.5) is 13.6 Å². The Kier molecular flexibility index (Phi) is 2.97. The van der Waals surface area contributed by atoms with Crippen LogP contribution in [0.25, 0.3) is 0 Å². The van der Waals surface area contributed by atoms with Gasteiger partial charge in [0.2, 0.25) is 0 Å². The summed E-state index contributed by atoms with van der Waals surface area (Å²) in [6.07, 6.45) is 0. The molecule has 1 fully saturated rings. The molecule has 5 heteroatoms. The van der Waals surface area contributed by atoms with E-state index in [0.717, 1.165) is 4.90 Å². The molecule has 0 radical (unpaired) electrons. The van der Waals surface area contributed by atoms with Gasteiger partial charge in [0.05, 0.1) is 13.1 Å². The van der Waals surface area contributed by atoms with Crippen LogP contribution in [0.1, 0.15) is 20.8 Å². The number of hydrogen-bond acceptors (Lipinski definition) is 1. The van der Waals surface area contributed by atoms with Gasteiger partial charge in [-0.1, -0.05) is 13.8 Å². The predicted octanol–water partition coefficient (Wildman–Crippen LogP) is 1.69. The van der Waals surface area contributed by atoms with Crippen molar-refractivity contribution in [2.24, 2.45) is 5.92 Å². The van der Waals surface area contributed by atoms with E-state index in [1.165, 1.54) is 0 Å². The minimum Gasteiger partial charge on any atom is -0.335 e. The van der Waals surface area contributed by atoms with E-state index in [9.17, 15) is 13.6 Å². The minimum atomic E-state index is -2.68. The van der Waals surface area contributed by atoms with Gasteiger partial charge in [-0.15, -0.1) is 0 Å². The first-order valence-corrected chi connectivity index (χ1v) is 4.75. The Balaban J connectivity index is 2.31. The standard InChI is InChI=1S/C9H16F2N2O/c1-6(2)7(3)12-8(14)13-4-9(10,11)5-13/h6-7H,4-5H2,1-3H3,(H,12,14)/t7-/m1/s1. The third-order valence-electron chi connectivity index (χ3n) is 2.48. The average Bonchev–Trinajstić information content (AvgIpc) is 1.99. The molecule has 0 spiro atoms. The molecular formula is C9H16F2N2O. The molecule has 1 N–H and O–H groups in total. The van der Waals surface area contributed by atoms with Crippen LogP contribution in [0.2, 0.25) is 0 Å². The number of rotatable bonds is 2. The second-order valence-corrected chi connectivity index (χ2v) is 4.19. The fraction of sp³-hybridized carbons (Fsp3) is 0.889. The Labute approximate surface area is 82.5 Å². The van der Waals surface area contributed by atoms with Crippen molar-refractivity contribution in [2.45, 2.75) is 32.7 Å². The first kappa shape index (κ1) is 11.2. The van der Waals surface area contributed by atoms with Crippen LogP contribution < -0.4 is 5.32 Å². The number of alkyl halides is 2. The number of carbonyl (C=O) groups excluding carboxylic acids is 1. The number of halogens is 2. The van der Waals surface area contributed by atoms with Crippen molar-refractivity contribution in [3.63, 3.8) is 0 Å². The van der Waals surface area contributed by atoms with E-state index in [4.69, 9.17) is 0 Å². The highest BCUT2D eigenvalue weighted by atomic mass is 19.3. The SMILES string of the molecule is CC(C)[C@@H](C)NC(=O)N1CC(F)(F)C1. The van der Waals surface area contributed by atoms with Gasteiger partial charge in [0.15, 0.2) is 0 Å². The molecular weight excluding hydrogens is 190 g/mol. The van der Waals surface area contributed by atoms with Crippen LogP contribution in [-0.4, -0.2) is 36.0 Å². The zero-order valence-electron chi connectivity index (χ0n) is 8.68. The van der Waals surface area contributed by atoms with Gasteiger partial charge in [-0.05, 0) is 12.8 Å². The van der Waals surface area contributed by atoms with Crippen molar-refractivity contribution in [1.29, 1.82) is 0 Å². The number of carbonyl (C=O) groups is 1. The van der Waals surface area contributed by atoms with Crippen LogP contribution in [0.5, 0.6) is 0 Å². The zero-order chi connectivity index (χ0) is 10.9. The number of nitrogens with one attached hydrogen (secondary N) is 1. The van der Waals surface area contributed by atoms with Gasteiger partial charge in [0.1, 0.15) is 0 Å². The van der Waals surface area contributed by atoms with Crippen LogP contribution in [0.3, 0.4) is 0 Å². The van der Waals surface area contributed by atoms with E-state index in [1.807, 2.05) is 20.8 Å². The Morgan fingerprint density at radius 2 is 1.86 bits per heavy atom. The molecule has 1 aliphatic rings. The molecule has 1 saturated heterocycles. The van der Waals surface area contributed by atoms with E-state index in [2.05, 4.69) is 5.32 Å². The van der Waals surface area contributed by atoms with Gasteiger partial charge in [-0.3, -0.25) is 0 Å². The summed E-state index contributed by atoms with van der Waals surface area (Å²) in [6, 6.07) is -0.381. The maximum Gasteiger partial charge on any atom is 0.318 e. The third kappa shape index (κ3) is 2.56. The van der Waals surface area contributed by atoms with Crippen LogP contribution in [-0.2, 0) is 0 Å². The molecule has 0 aliphatic carbocycles. The lowest BCUT2D eigenvalue weighted by atomic mass is 10.1. The van der Waals surface area contributed by atoms with Crippen molar-refractivity contribution in [3.8, 4) is 0 Å². The molecule has 0 saturated carbocycles. The first-order valence-electron chi connectivity index (χ1n) is 4.75. The van der Waals surface area contributed by atoms with Crippen molar-refractivity contribution in [2.75, 3.05) is 13.1 Å². The Hall–Kier alpha value is -0.870. The smallest absolute Gasteiger partial charge is 0.318 e. The molecule has 1 aliphatic heterocycles. The minimum absolute atomic E-state index is 0.0109. The van der Waals surface area contributed by atoms with Crippen molar-refractivity contribution < 1.29 is 13.6 Å². The monoisotopic (exact) mass is 206 g/mol. The Bertz CT molecular complexity index is 223. The van der Waals surface area contributed by atoms with E-state index < -0.39 is 25.0 Å². The molecule has 0 aromatic carbocycles. The Morgan fingerprint density at radius 3 is 2.21 bits per heavy atom. The lowest BCUT2D eigenvalue weighted by molar-refractivity contribution is -0.110. The quantitative estimate of drug-likeness (QED) is 0.732. The Morgan fingerprint density at radius 1 is 1.36 bits per heavy atom. The summed E-state index contributed by atoms with van der Waals surface area (Å²) < 4.78 is 24.8. The van der Waals surface area contributed by atoms with Gasteiger partial charge in [0.25, 0.3) is 5.92 Å². The van der Waals surface area contributed by atoms with Crippen molar-refractivity contribution >= 4 is 6.03 Å². The fourth-order valence-corrected chi connectivity index (χ4v) is 1.11. The van der Waals surface area contributed by atoms with E-state index in [0.29, 0.717) is 5.92 Å².